The van der Waals surface area contributed by atoms with Gasteiger partial charge in [-0.2, -0.15) is 10.2 Å². The van der Waals surface area contributed by atoms with Crippen LogP contribution in [0.25, 0.3) is 22.8 Å². The normalized spacial score (nSPS) is 10.2. The lowest BCUT2D eigenvalue weighted by Crippen LogP contribution is -1.96. The quantitative estimate of drug-likeness (QED) is 0.763. The molecule has 0 aliphatic rings. The molecule has 2 N–H and O–H groups in total. The summed E-state index contributed by atoms with van der Waals surface area (Å²) in [5.41, 5.74) is 1.14. The molecule has 0 unspecified atom stereocenters. The number of carboxylic acid groups (broad SMARTS) is 1. The highest BCUT2D eigenvalue weighted by Gasteiger charge is 2.16. The number of carboxylic acids is 1. The lowest BCUT2D eigenvalue weighted by atomic mass is 10.1. The van der Waals surface area contributed by atoms with Crippen molar-refractivity contribution in [2.75, 3.05) is 0 Å². The van der Waals surface area contributed by atoms with Crippen LogP contribution in [0.4, 0.5) is 0 Å². The molecule has 112 valence electrons. The number of nitrogens with zero attached hydrogens (tertiary/aromatic N) is 3. The summed E-state index contributed by atoms with van der Waals surface area (Å²) in [5, 5.41) is 31.5. The van der Waals surface area contributed by atoms with Crippen LogP contribution in [0.2, 0.25) is 0 Å². The number of phenols is 1. The molecule has 0 atom stereocenters. The number of aromatic hydroxyl groups is 1. The van der Waals surface area contributed by atoms with Crippen LogP contribution in [0, 0.1) is 11.3 Å². The highest BCUT2D eigenvalue weighted by atomic mass is 16.5. The molecule has 0 fully saturated rings. The Balaban J connectivity index is 2.04. The fourth-order valence-corrected chi connectivity index (χ4v) is 2.02. The summed E-state index contributed by atoms with van der Waals surface area (Å²) in [6.45, 7) is 0. The zero-order valence-electron chi connectivity index (χ0n) is 11.6. The third-order valence-electron chi connectivity index (χ3n) is 3.15. The van der Waals surface area contributed by atoms with Gasteiger partial charge in [-0.25, -0.2) is 4.79 Å². The molecule has 0 amide bonds. The molecule has 0 aliphatic carbocycles. The second-order valence-electron chi connectivity index (χ2n) is 4.65. The molecule has 1 heterocycles. The van der Waals surface area contributed by atoms with Gasteiger partial charge < -0.3 is 14.7 Å². The van der Waals surface area contributed by atoms with Crippen molar-refractivity contribution in [2.24, 2.45) is 0 Å². The van der Waals surface area contributed by atoms with Crippen molar-refractivity contribution in [3.05, 3.63) is 53.6 Å². The van der Waals surface area contributed by atoms with Crippen molar-refractivity contribution < 1.29 is 19.5 Å². The van der Waals surface area contributed by atoms with Gasteiger partial charge in [-0.1, -0.05) is 11.2 Å². The number of aromatic carboxylic acids is 1. The van der Waals surface area contributed by atoms with E-state index in [0.29, 0.717) is 11.1 Å². The van der Waals surface area contributed by atoms with Gasteiger partial charge in [0.15, 0.2) is 0 Å². The SMILES string of the molecule is N#Cc1cccc(-c2nc(-c3cc(C(=O)O)ccc3O)no2)c1. The molecule has 1 aromatic heterocycles. The second kappa shape index (κ2) is 5.61. The third-order valence-corrected chi connectivity index (χ3v) is 3.15. The van der Waals surface area contributed by atoms with E-state index in [0.717, 1.165) is 0 Å². The maximum atomic E-state index is 11.0. The molecule has 0 saturated heterocycles. The Labute approximate surface area is 130 Å². The van der Waals surface area contributed by atoms with Gasteiger partial charge in [-0.05, 0) is 36.4 Å². The standard InChI is InChI=1S/C16H9N3O4/c17-8-9-2-1-3-10(6-9)15-18-14(19-23-15)12-7-11(16(21)22)4-5-13(12)20/h1-7,20H,(H,21,22). The van der Waals surface area contributed by atoms with E-state index in [1.807, 2.05) is 6.07 Å². The van der Waals surface area contributed by atoms with Crippen LogP contribution >= 0.6 is 0 Å². The number of nitriles is 1. The summed E-state index contributed by atoms with van der Waals surface area (Å²) in [7, 11) is 0. The van der Waals surface area contributed by atoms with E-state index in [1.54, 1.807) is 24.3 Å². The molecule has 7 heteroatoms. The Morgan fingerprint density at radius 1 is 1.22 bits per heavy atom. The van der Waals surface area contributed by atoms with Crippen LogP contribution in [-0.4, -0.2) is 26.3 Å². The Hall–Kier alpha value is -3.66. The fourth-order valence-electron chi connectivity index (χ4n) is 2.02. The van der Waals surface area contributed by atoms with E-state index in [2.05, 4.69) is 10.1 Å². The minimum Gasteiger partial charge on any atom is -0.507 e. The van der Waals surface area contributed by atoms with Gasteiger partial charge in [-0.15, -0.1) is 0 Å². The van der Waals surface area contributed by atoms with E-state index in [9.17, 15) is 9.90 Å². The van der Waals surface area contributed by atoms with Gasteiger partial charge in [0, 0.05) is 5.56 Å². The summed E-state index contributed by atoms with van der Waals surface area (Å²) in [5.74, 6) is -1.06. The average Bonchev–Trinajstić information content (AvgIpc) is 3.05. The molecule has 0 spiro atoms. The molecule has 0 bridgehead atoms. The van der Waals surface area contributed by atoms with E-state index < -0.39 is 5.97 Å². The van der Waals surface area contributed by atoms with Gasteiger partial charge in [0.25, 0.3) is 5.89 Å². The zero-order valence-corrected chi connectivity index (χ0v) is 11.6. The van der Waals surface area contributed by atoms with Gasteiger partial charge in [0.1, 0.15) is 5.75 Å². The summed E-state index contributed by atoms with van der Waals surface area (Å²) in [6, 6.07) is 12.4. The molecule has 0 saturated carbocycles. The van der Waals surface area contributed by atoms with Crippen molar-refractivity contribution in [3.63, 3.8) is 0 Å². The lowest BCUT2D eigenvalue weighted by molar-refractivity contribution is 0.0697. The number of rotatable bonds is 3. The van der Waals surface area contributed by atoms with Gasteiger partial charge >= 0.3 is 5.97 Å². The fraction of sp³-hybridized carbons (Fsp3) is 0. The minimum atomic E-state index is -1.13. The Morgan fingerprint density at radius 3 is 2.78 bits per heavy atom. The summed E-state index contributed by atoms with van der Waals surface area (Å²) >= 11 is 0. The smallest absolute Gasteiger partial charge is 0.335 e. The van der Waals surface area contributed by atoms with Gasteiger partial charge in [0.2, 0.25) is 5.82 Å². The summed E-state index contributed by atoms with van der Waals surface area (Å²) in [4.78, 5) is 15.2. The summed E-state index contributed by atoms with van der Waals surface area (Å²) in [6.07, 6.45) is 0. The van der Waals surface area contributed by atoms with Crippen molar-refractivity contribution in [3.8, 4) is 34.7 Å². The average molecular weight is 307 g/mol. The number of benzene rings is 2. The second-order valence-corrected chi connectivity index (χ2v) is 4.65. The largest absolute Gasteiger partial charge is 0.507 e. The number of hydrogen-bond donors (Lipinski definition) is 2. The first kappa shape index (κ1) is 14.3. The number of carbonyl (C=O) groups is 1. The van der Waals surface area contributed by atoms with Crippen molar-refractivity contribution in [1.29, 1.82) is 5.26 Å². The molecule has 0 aliphatic heterocycles. The highest BCUT2D eigenvalue weighted by Crippen LogP contribution is 2.30. The molecule has 2 aromatic carbocycles. The molecule has 3 aromatic rings. The van der Waals surface area contributed by atoms with E-state index >= 15 is 0 Å². The Morgan fingerprint density at radius 2 is 2.04 bits per heavy atom. The van der Waals surface area contributed by atoms with Crippen LogP contribution < -0.4 is 0 Å². The first-order chi connectivity index (χ1) is 11.1. The maximum Gasteiger partial charge on any atom is 0.335 e. The van der Waals surface area contributed by atoms with E-state index in [1.165, 1.54) is 18.2 Å². The molecule has 7 nitrogen and oxygen atoms in total. The molecule has 0 radical (unpaired) electrons. The van der Waals surface area contributed by atoms with Crippen molar-refractivity contribution in [2.45, 2.75) is 0 Å². The molecular weight excluding hydrogens is 298 g/mol. The number of aromatic nitrogens is 2. The monoisotopic (exact) mass is 307 g/mol. The first-order valence-electron chi connectivity index (χ1n) is 6.49. The maximum absolute atomic E-state index is 11.0. The predicted molar refractivity (Wildman–Crippen MR) is 78.5 cm³/mol. The van der Waals surface area contributed by atoms with E-state index in [4.69, 9.17) is 14.9 Å². The van der Waals surface area contributed by atoms with Crippen molar-refractivity contribution in [1.82, 2.24) is 10.1 Å². The van der Waals surface area contributed by atoms with Gasteiger partial charge in [-0.3, -0.25) is 0 Å². The summed E-state index contributed by atoms with van der Waals surface area (Å²) < 4.78 is 5.13. The van der Waals surface area contributed by atoms with Crippen LogP contribution in [-0.2, 0) is 0 Å². The van der Waals surface area contributed by atoms with Crippen LogP contribution in [0.3, 0.4) is 0 Å². The highest BCUT2D eigenvalue weighted by molar-refractivity contribution is 5.90. The molecular formula is C16H9N3O4. The van der Waals surface area contributed by atoms with Crippen LogP contribution in [0.15, 0.2) is 47.0 Å². The van der Waals surface area contributed by atoms with Crippen molar-refractivity contribution >= 4 is 5.97 Å². The predicted octanol–water partition coefficient (Wildman–Crippen LogP) is 2.68. The van der Waals surface area contributed by atoms with Crippen LogP contribution in [0.5, 0.6) is 5.75 Å². The third kappa shape index (κ3) is 2.73. The van der Waals surface area contributed by atoms with Gasteiger partial charge in [0.05, 0.1) is 22.8 Å². The minimum absolute atomic E-state index is 0.00405. The Bertz CT molecular complexity index is 940. The van der Waals surface area contributed by atoms with E-state index in [-0.39, 0.29) is 28.6 Å². The topological polar surface area (TPSA) is 120 Å². The number of hydrogen-bond acceptors (Lipinski definition) is 6. The Kier molecular flexibility index (Phi) is 3.49. The lowest BCUT2D eigenvalue weighted by Gasteiger charge is -2.01. The molecule has 3 rings (SSSR count). The van der Waals surface area contributed by atoms with Crippen LogP contribution in [0.1, 0.15) is 15.9 Å². The first-order valence-corrected chi connectivity index (χ1v) is 6.49. The zero-order chi connectivity index (χ0) is 16.4. The molecule has 23 heavy (non-hydrogen) atoms. The number of phenolic OH excluding ortho intramolecular Hbond substituents is 1.